The molecule has 0 fully saturated rings. The molecule has 0 unspecified atom stereocenters. The largest absolute Gasteiger partial charge is 0.508 e. The number of carbonyl (C=O) groups excluding carboxylic acids is 1. The van der Waals surface area contributed by atoms with E-state index < -0.39 is 29.3 Å². The molecule has 84 valence electrons. The van der Waals surface area contributed by atoms with E-state index in [1.54, 1.807) is 0 Å². The molecule has 0 radical (unpaired) electrons. The molecule has 4 nitrogen and oxygen atoms in total. The van der Waals surface area contributed by atoms with Crippen LogP contribution in [0.4, 0.5) is 8.78 Å². The summed E-state index contributed by atoms with van der Waals surface area (Å²) < 4.78 is 29.4. The number of alkyl halides is 2. The third-order valence-electron chi connectivity index (χ3n) is 1.91. The number of nitrogens with zero attached hydrogens (tertiary/aromatic N) is 1. The van der Waals surface area contributed by atoms with Crippen molar-refractivity contribution in [3.05, 3.63) is 28.8 Å². The molecule has 1 aromatic carbocycles. The van der Waals surface area contributed by atoms with E-state index in [-0.39, 0.29) is 5.56 Å². The van der Waals surface area contributed by atoms with Gasteiger partial charge in [-0.1, -0.05) is 0 Å². The molecule has 0 atom stereocenters. The number of hydrogen-bond acceptors (Lipinski definition) is 4. The molecular weight excluding hydrogens is 220 g/mol. The Morgan fingerprint density at radius 3 is 2.62 bits per heavy atom. The van der Waals surface area contributed by atoms with Crippen LogP contribution in [0.15, 0.2) is 12.1 Å². The van der Waals surface area contributed by atoms with Crippen molar-refractivity contribution in [2.75, 3.05) is 7.11 Å². The molecule has 0 amide bonds. The summed E-state index contributed by atoms with van der Waals surface area (Å²) in [5.41, 5.74) is -1.55. The number of hydrogen-bond donors (Lipinski definition) is 1. The lowest BCUT2D eigenvalue weighted by atomic mass is 10.0. The van der Waals surface area contributed by atoms with Gasteiger partial charge in [0.25, 0.3) is 6.43 Å². The number of esters is 1. The van der Waals surface area contributed by atoms with Crippen LogP contribution in [0.3, 0.4) is 0 Å². The Morgan fingerprint density at radius 1 is 1.56 bits per heavy atom. The normalized spacial score (nSPS) is 9.94. The Kier molecular flexibility index (Phi) is 3.40. The second-order valence-corrected chi connectivity index (χ2v) is 2.86. The average Bonchev–Trinajstić information content (AvgIpc) is 2.26. The van der Waals surface area contributed by atoms with Crippen molar-refractivity contribution in [3.8, 4) is 11.8 Å². The van der Waals surface area contributed by atoms with E-state index in [2.05, 4.69) is 4.74 Å². The highest BCUT2D eigenvalue weighted by molar-refractivity contribution is 5.93. The summed E-state index contributed by atoms with van der Waals surface area (Å²) in [5, 5.41) is 17.9. The summed E-state index contributed by atoms with van der Waals surface area (Å²) in [5.74, 6) is -1.47. The summed E-state index contributed by atoms with van der Waals surface area (Å²) in [6.07, 6.45) is -2.95. The number of benzene rings is 1. The van der Waals surface area contributed by atoms with Gasteiger partial charge in [0.1, 0.15) is 11.8 Å². The summed E-state index contributed by atoms with van der Waals surface area (Å²) in [4.78, 5) is 11.2. The fourth-order valence-corrected chi connectivity index (χ4v) is 1.22. The Bertz CT molecular complexity index is 466. The molecule has 0 aliphatic rings. The first kappa shape index (κ1) is 11.9. The lowest BCUT2D eigenvalue weighted by Crippen LogP contribution is -2.06. The van der Waals surface area contributed by atoms with Crippen molar-refractivity contribution < 1.29 is 23.4 Å². The van der Waals surface area contributed by atoms with Crippen LogP contribution in [-0.2, 0) is 4.74 Å². The minimum absolute atomic E-state index is 0.375. The average molecular weight is 227 g/mol. The van der Waals surface area contributed by atoms with Crippen LogP contribution in [0.5, 0.6) is 5.75 Å². The fraction of sp³-hybridized carbons (Fsp3) is 0.200. The zero-order valence-electron chi connectivity index (χ0n) is 8.20. The van der Waals surface area contributed by atoms with Gasteiger partial charge < -0.3 is 9.84 Å². The van der Waals surface area contributed by atoms with Gasteiger partial charge in [0.2, 0.25) is 0 Å². The van der Waals surface area contributed by atoms with Gasteiger partial charge in [0, 0.05) is 5.56 Å². The number of phenolic OH excluding ortho intramolecular Hbond substituents is 1. The first-order valence-electron chi connectivity index (χ1n) is 4.14. The molecule has 16 heavy (non-hydrogen) atoms. The maximum atomic E-state index is 12.5. The Hall–Kier alpha value is -2.16. The van der Waals surface area contributed by atoms with Crippen molar-refractivity contribution in [3.63, 3.8) is 0 Å². The molecular formula is C10H7F2NO3. The zero-order chi connectivity index (χ0) is 12.3. The molecule has 0 saturated heterocycles. The highest BCUT2D eigenvalue weighted by atomic mass is 19.3. The van der Waals surface area contributed by atoms with Crippen molar-refractivity contribution in [2.45, 2.75) is 6.43 Å². The molecule has 1 rings (SSSR count). The van der Waals surface area contributed by atoms with Gasteiger partial charge in [-0.3, -0.25) is 0 Å². The van der Waals surface area contributed by atoms with Crippen molar-refractivity contribution in [1.82, 2.24) is 0 Å². The number of nitriles is 1. The molecule has 0 heterocycles. The van der Waals surface area contributed by atoms with E-state index in [1.165, 1.54) is 6.07 Å². The highest BCUT2D eigenvalue weighted by Gasteiger charge is 2.22. The quantitative estimate of drug-likeness (QED) is 0.784. The number of phenols is 1. The number of rotatable bonds is 2. The van der Waals surface area contributed by atoms with E-state index in [1.807, 2.05) is 0 Å². The minimum atomic E-state index is -2.95. The smallest absolute Gasteiger partial charge is 0.339 e. The second kappa shape index (κ2) is 4.57. The fourth-order valence-electron chi connectivity index (χ4n) is 1.22. The van der Waals surface area contributed by atoms with Gasteiger partial charge in [-0.2, -0.15) is 5.26 Å². The van der Waals surface area contributed by atoms with Crippen LogP contribution in [-0.4, -0.2) is 18.2 Å². The number of carbonyl (C=O) groups is 1. The van der Waals surface area contributed by atoms with Gasteiger partial charge in [-0.05, 0) is 12.1 Å². The Morgan fingerprint density at radius 2 is 2.19 bits per heavy atom. The number of methoxy groups -OCH3 is 1. The summed E-state index contributed by atoms with van der Waals surface area (Å²) >= 11 is 0. The molecule has 6 heteroatoms. The van der Waals surface area contributed by atoms with Crippen LogP contribution in [0.25, 0.3) is 0 Å². The second-order valence-electron chi connectivity index (χ2n) is 2.86. The summed E-state index contributed by atoms with van der Waals surface area (Å²) in [7, 11) is 1.05. The van der Waals surface area contributed by atoms with E-state index in [0.717, 1.165) is 19.2 Å². The van der Waals surface area contributed by atoms with Gasteiger partial charge in [0.15, 0.2) is 0 Å². The predicted molar refractivity (Wildman–Crippen MR) is 49.1 cm³/mol. The van der Waals surface area contributed by atoms with E-state index in [0.29, 0.717) is 0 Å². The number of halogens is 2. The van der Waals surface area contributed by atoms with Crippen LogP contribution < -0.4 is 0 Å². The Balaban J connectivity index is 3.50. The first-order chi connectivity index (χ1) is 7.51. The summed E-state index contributed by atoms with van der Waals surface area (Å²) in [6, 6.07) is 3.15. The minimum Gasteiger partial charge on any atom is -0.508 e. The Labute approximate surface area is 89.7 Å². The van der Waals surface area contributed by atoms with Crippen molar-refractivity contribution in [2.24, 2.45) is 0 Å². The maximum Gasteiger partial charge on any atom is 0.339 e. The van der Waals surface area contributed by atoms with Crippen LogP contribution >= 0.6 is 0 Å². The van der Waals surface area contributed by atoms with Gasteiger partial charge >= 0.3 is 5.97 Å². The highest BCUT2D eigenvalue weighted by Crippen LogP contribution is 2.29. The molecule has 0 saturated carbocycles. The zero-order valence-corrected chi connectivity index (χ0v) is 8.20. The SMILES string of the molecule is COC(=O)c1cc(O)cc(C(F)F)c1C#N. The lowest BCUT2D eigenvalue weighted by Gasteiger charge is -2.08. The molecule has 0 aliphatic carbocycles. The van der Waals surface area contributed by atoms with E-state index >= 15 is 0 Å². The molecule has 0 bridgehead atoms. The molecule has 1 aromatic rings. The number of ether oxygens (including phenoxy) is 1. The summed E-state index contributed by atoms with van der Waals surface area (Å²) in [6.45, 7) is 0. The van der Waals surface area contributed by atoms with Crippen molar-refractivity contribution >= 4 is 5.97 Å². The van der Waals surface area contributed by atoms with Gasteiger partial charge in [-0.15, -0.1) is 0 Å². The topological polar surface area (TPSA) is 70.3 Å². The first-order valence-corrected chi connectivity index (χ1v) is 4.14. The van der Waals surface area contributed by atoms with Crippen LogP contribution in [0.1, 0.15) is 27.9 Å². The van der Waals surface area contributed by atoms with Crippen LogP contribution in [0, 0.1) is 11.3 Å². The monoisotopic (exact) mass is 227 g/mol. The van der Waals surface area contributed by atoms with Crippen molar-refractivity contribution in [1.29, 1.82) is 5.26 Å². The van der Waals surface area contributed by atoms with E-state index in [4.69, 9.17) is 10.4 Å². The standard InChI is InChI=1S/C10H7F2NO3/c1-16-10(15)7-3-5(14)2-6(9(11)12)8(7)4-13/h2-3,9,14H,1H3. The van der Waals surface area contributed by atoms with E-state index in [9.17, 15) is 13.6 Å². The molecule has 1 N–H and O–H groups in total. The molecule has 0 spiro atoms. The number of aromatic hydroxyl groups is 1. The van der Waals surface area contributed by atoms with Crippen LogP contribution in [0.2, 0.25) is 0 Å². The van der Waals surface area contributed by atoms with Gasteiger partial charge in [-0.25, -0.2) is 13.6 Å². The third-order valence-corrected chi connectivity index (χ3v) is 1.91. The lowest BCUT2D eigenvalue weighted by molar-refractivity contribution is 0.0599. The molecule has 0 aromatic heterocycles. The predicted octanol–water partition coefficient (Wildman–Crippen LogP) is 1.99. The molecule has 0 aliphatic heterocycles. The third kappa shape index (κ3) is 2.08. The maximum absolute atomic E-state index is 12.5. The van der Waals surface area contributed by atoms with Gasteiger partial charge in [0.05, 0.1) is 18.2 Å².